The Hall–Kier alpha value is -15.7. The highest BCUT2D eigenvalue weighted by Gasteiger charge is 2.12. The molecule has 0 fully saturated rings. The molecule has 2 aliphatic rings. The number of aromatic nitrogens is 28. The average molecular weight is 1740 g/mol. The number of tetrazole rings is 1. The molecular weight excluding hydrogens is 1610 g/mol. The van der Waals surface area contributed by atoms with Crippen molar-refractivity contribution in [2.75, 3.05) is 76.0 Å². The SMILES string of the molecule is CCOc1nccc(C)n1.Cc1ccc(=O)[nH]n1.Cc1ccc(N)nn1.Cc1ccccc1CNC1=NCCN1.Cc1ccccc1CNC1=NCCN1C.Cc1cccnn1.Cc1ccnnc1.Cc1cnc(N)[nH]1.Cc1cnc[nH]1.Cc1ncc[nH]1.Cc1ncncc1CN.Cc1ncncc1N.Cc1ncncc1N(C)C.Cc1nn[nH]n1.Cn1ccnc1. The number of benzene rings is 2. The molecule has 0 saturated heterocycles. The van der Waals surface area contributed by atoms with Crippen LogP contribution in [0.5, 0.6) is 6.01 Å². The van der Waals surface area contributed by atoms with Gasteiger partial charge in [-0.05, 0) is 174 Å². The summed E-state index contributed by atoms with van der Waals surface area (Å²) >= 11 is 0. The highest BCUT2D eigenvalue weighted by molar-refractivity contribution is 5.81. The number of likely N-dealkylation sites (N-methyl/N-ethyl adjacent to an activating group) is 1. The van der Waals surface area contributed by atoms with Crippen molar-refractivity contribution in [3.8, 4) is 6.01 Å². The lowest BCUT2D eigenvalue weighted by molar-refractivity contribution is 0.311. The van der Waals surface area contributed by atoms with Gasteiger partial charge in [0.05, 0.1) is 90.8 Å². The number of nitrogens with two attached hydrogens (primary N) is 4. The largest absolute Gasteiger partial charge is 0.464 e. The highest BCUT2D eigenvalue weighted by atomic mass is 16.5. The number of aliphatic imine (C=N–C) groups is 2. The molecule has 0 spiro atoms. The minimum atomic E-state index is -0.157. The molecular formula is C86H123N39O2. The van der Waals surface area contributed by atoms with Gasteiger partial charge < -0.3 is 72.9 Å². The Morgan fingerprint density at radius 2 is 1.23 bits per heavy atom. The van der Waals surface area contributed by atoms with Crippen molar-refractivity contribution in [3.05, 3.63) is 316 Å². The molecule has 0 unspecified atom stereocenters. The summed E-state index contributed by atoms with van der Waals surface area (Å²) in [4.78, 5) is 78.1. The summed E-state index contributed by atoms with van der Waals surface area (Å²) in [5, 5.41) is 50.4. The molecule has 15 aromatic rings. The predicted molar refractivity (Wildman–Crippen MR) is 497 cm³/mol. The van der Waals surface area contributed by atoms with E-state index >= 15 is 0 Å². The van der Waals surface area contributed by atoms with Gasteiger partial charge in [0.1, 0.15) is 30.6 Å². The Bertz CT molecular complexity index is 5120. The van der Waals surface area contributed by atoms with Crippen LogP contribution in [0.1, 0.15) is 103 Å². The summed E-state index contributed by atoms with van der Waals surface area (Å²) in [6.07, 6.45) is 30.5. The molecule has 0 bridgehead atoms. The van der Waals surface area contributed by atoms with Crippen LogP contribution in [0.25, 0.3) is 0 Å². The zero-order valence-corrected chi connectivity index (χ0v) is 76.0. The number of H-pyrrole nitrogens is 5. The predicted octanol–water partition coefficient (Wildman–Crippen LogP) is 8.76. The lowest BCUT2D eigenvalue weighted by Crippen LogP contribution is -2.35. The minimum absolute atomic E-state index is 0.157. The molecule has 127 heavy (non-hydrogen) atoms. The lowest BCUT2D eigenvalue weighted by Gasteiger charge is -2.15. The summed E-state index contributed by atoms with van der Waals surface area (Å²) in [6.45, 7) is 35.6. The fourth-order valence-corrected chi connectivity index (χ4v) is 8.88. The molecule has 41 nitrogen and oxygen atoms in total. The fourth-order valence-electron chi connectivity index (χ4n) is 8.88. The molecule has 0 radical (unpaired) electrons. The maximum atomic E-state index is 10.3. The molecule has 0 aliphatic carbocycles. The van der Waals surface area contributed by atoms with E-state index in [-0.39, 0.29) is 5.56 Å². The van der Waals surface area contributed by atoms with E-state index in [9.17, 15) is 4.79 Å². The lowest BCUT2D eigenvalue weighted by atomic mass is 10.1. The van der Waals surface area contributed by atoms with E-state index < -0.39 is 0 Å². The Morgan fingerprint density at radius 1 is 0.543 bits per heavy atom. The van der Waals surface area contributed by atoms with E-state index in [2.05, 4.69) is 236 Å². The molecule has 0 atom stereocenters. The molecule has 16 N–H and O–H groups in total. The number of rotatable bonds is 8. The number of nitrogen functional groups attached to an aromatic ring is 3. The first kappa shape index (κ1) is 105. The number of nitrogens with zero attached hydrogens (tertiary/aromatic N) is 27. The third kappa shape index (κ3) is 51.6. The summed E-state index contributed by atoms with van der Waals surface area (Å²) in [5.74, 6) is 4.53. The van der Waals surface area contributed by atoms with Crippen molar-refractivity contribution >= 4 is 35.1 Å². The van der Waals surface area contributed by atoms with Crippen LogP contribution >= 0.6 is 0 Å². The number of guanidine groups is 2. The number of hydrogen-bond donors (Lipinski definition) is 12. The first-order valence-electron chi connectivity index (χ1n) is 39.9. The van der Waals surface area contributed by atoms with Crippen molar-refractivity contribution in [2.45, 2.75) is 123 Å². The number of nitrogens with one attached hydrogen (secondary N) is 8. The first-order chi connectivity index (χ1) is 61.0. The Balaban J connectivity index is 0.000000354. The van der Waals surface area contributed by atoms with Crippen LogP contribution in [0.4, 0.5) is 23.1 Å². The second-order valence-corrected chi connectivity index (χ2v) is 27.0. The number of hydrogen-bond acceptors (Lipinski definition) is 35. The van der Waals surface area contributed by atoms with Crippen molar-refractivity contribution in [2.24, 2.45) is 22.8 Å². The molecule has 0 amide bonds. The van der Waals surface area contributed by atoms with Crippen molar-refractivity contribution in [1.82, 2.24) is 162 Å². The maximum absolute atomic E-state index is 10.3. The molecule has 2 aromatic carbocycles. The Labute approximate surface area is 742 Å². The summed E-state index contributed by atoms with van der Waals surface area (Å²) < 4.78 is 6.95. The number of anilines is 4. The summed E-state index contributed by atoms with van der Waals surface area (Å²) in [7, 11) is 7.96. The summed E-state index contributed by atoms with van der Waals surface area (Å²) in [5.41, 5.74) is 38.8. The minimum Gasteiger partial charge on any atom is -0.464 e. The monoisotopic (exact) mass is 1730 g/mol. The number of ether oxygens (including phenoxy) is 1. The molecule has 2 aliphatic heterocycles. The van der Waals surface area contributed by atoms with Crippen LogP contribution in [0.15, 0.2) is 224 Å². The molecule has 0 saturated carbocycles. The standard InChI is InChI=1S/C12H17N3.C11H15N3.C7H11N3.C7H10N2O.C6H9N3.2C5H7N3.C5H6N2O.2C5H6N2.C4H7N3.3C4H6N2.C2H4N4/c1-10-5-3-4-6-11(10)9-14-12-13-7-8-15(12)2;1-9-4-2-3-5-10(9)8-14-11-12-6-7-13-11;1-6-7(10(2)3)4-8-5-9-6;1-3-10-7-8-5-4-6(2)9-7;1-5-6(2-7)3-8-4-9-5;1-4-5(6)2-7-3-8-4;1-4-2-3-5(6)8-7-4;1-4-2-3-5(8)7-6-4;1-5-2-3-6-7-4-5;1-5-3-2-4-6-7-5;1-3-2-6-4(5)7-3;1-4-2-5-3-6-4;1-6-3-2-5-4-6;1-4-5-2-3-6-4;1-2-3-5-6-4-2/h3-6H,7-9H2,1-2H3,(H,13,14);2-5H,6-8H2,1H3,(H2,12,13,14);4-5H,1-3H3;4-5H,3H2,1-2H3;3-4H,2,7H2,1H3;2-3H,6H2,1H3;2-3H,1H3,(H2,6,8);2-3H,1H3,(H,7,8);2*2-4H,1H3;2H,1H3,(H3,5,6,7);2-3H,1H3,(H,5,6);2-4H,1H3;2-3H,1H3,(H,5,6);1H3,(H,3,4,5,6). The molecule has 15 heterocycles. The number of aromatic amines is 5. The quantitative estimate of drug-likeness (QED) is 0.0676. The normalized spacial score (nSPS) is 10.5. The van der Waals surface area contributed by atoms with Gasteiger partial charge in [0.15, 0.2) is 23.7 Å². The third-order valence-corrected chi connectivity index (χ3v) is 15.9. The van der Waals surface area contributed by atoms with E-state index in [4.69, 9.17) is 27.7 Å². The fraction of sp³-hybridized carbons (Fsp3) is 0.314. The Morgan fingerprint density at radius 3 is 1.58 bits per heavy atom. The van der Waals surface area contributed by atoms with E-state index in [0.29, 0.717) is 42.4 Å². The second kappa shape index (κ2) is 64.2. The summed E-state index contributed by atoms with van der Waals surface area (Å²) in [6, 6.07) is 31.5. The molecule has 674 valence electrons. The average Bonchev–Trinajstić information content (AvgIpc) is 1.86. The van der Waals surface area contributed by atoms with Gasteiger partial charge in [-0.15, -0.1) is 15.3 Å². The van der Waals surface area contributed by atoms with Gasteiger partial charge in [-0.2, -0.15) is 35.8 Å². The van der Waals surface area contributed by atoms with E-state index in [1.807, 2.05) is 156 Å². The second-order valence-electron chi connectivity index (χ2n) is 27.0. The smallest absolute Gasteiger partial charge is 0.316 e. The number of imidazole rings is 4. The van der Waals surface area contributed by atoms with Crippen LogP contribution in [0.2, 0.25) is 0 Å². The van der Waals surface area contributed by atoms with Crippen LogP contribution < -0.4 is 54.1 Å². The molecule has 41 heteroatoms. The van der Waals surface area contributed by atoms with Gasteiger partial charge in [0, 0.05) is 157 Å². The van der Waals surface area contributed by atoms with Gasteiger partial charge in [-0.25, -0.2) is 64.9 Å². The van der Waals surface area contributed by atoms with Crippen LogP contribution in [-0.4, -0.2) is 211 Å². The van der Waals surface area contributed by atoms with Crippen molar-refractivity contribution < 1.29 is 4.74 Å². The van der Waals surface area contributed by atoms with E-state index in [1.54, 1.807) is 106 Å². The van der Waals surface area contributed by atoms with Crippen LogP contribution in [0.3, 0.4) is 0 Å². The van der Waals surface area contributed by atoms with Gasteiger partial charge >= 0.3 is 6.01 Å². The molecule has 17 rings (SSSR count). The Kier molecular flexibility index (Phi) is 53.3. The number of aryl methyl sites for hydroxylation is 15. The van der Waals surface area contributed by atoms with E-state index in [0.717, 1.165) is 125 Å². The van der Waals surface area contributed by atoms with Crippen LogP contribution in [0, 0.1) is 96.9 Å². The van der Waals surface area contributed by atoms with Gasteiger partial charge in [-0.3, -0.25) is 14.8 Å². The van der Waals surface area contributed by atoms with Crippen molar-refractivity contribution in [3.63, 3.8) is 0 Å². The van der Waals surface area contributed by atoms with Crippen LogP contribution in [-0.2, 0) is 26.7 Å². The topological polar surface area (TPSA) is 565 Å². The van der Waals surface area contributed by atoms with Crippen molar-refractivity contribution in [1.29, 1.82) is 0 Å². The zero-order chi connectivity index (χ0) is 93.2. The maximum Gasteiger partial charge on any atom is 0.316 e. The first-order valence-corrected chi connectivity index (χ1v) is 39.9. The van der Waals surface area contributed by atoms with Gasteiger partial charge in [-0.1, -0.05) is 53.7 Å². The van der Waals surface area contributed by atoms with Gasteiger partial charge in [0.2, 0.25) is 0 Å². The molecule has 13 aromatic heterocycles. The van der Waals surface area contributed by atoms with Gasteiger partial charge in [0.25, 0.3) is 5.56 Å². The highest BCUT2D eigenvalue weighted by Crippen LogP contribution is 2.12. The third-order valence-electron chi connectivity index (χ3n) is 15.9. The van der Waals surface area contributed by atoms with E-state index in [1.165, 1.54) is 41.0 Å². The zero-order valence-electron chi connectivity index (χ0n) is 76.0.